The molecule has 0 saturated carbocycles. The van der Waals surface area contributed by atoms with Crippen molar-refractivity contribution in [3.63, 3.8) is 0 Å². The molecule has 0 spiro atoms. The van der Waals surface area contributed by atoms with Crippen LogP contribution in [0.15, 0.2) is 24.5 Å². The summed E-state index contributed by atoms with van der Waals surface area (Å²) in [6.07, 6.45) is 3.18. The molecular formula is C14H14N4O3. The minimum Gasteiger partial charge on any atom is -0.478 e. The average molecular weight is 286 g/mol. The Kier molecular flexibility index (Phi) is 4.22. The van der Waals surface area contributed by atoms with Crippen molar-refractivity contribution >= 4 is 17.6 Å². The highest BCUT2D eigenvalue weighted by Gasteiger charge is 2.14. The van der Waals surface area contributed by atoms with Gasteiger partial charge in [-0.2, -0.15) is 10.2 Å². The van der Waals surface area contributed by atoms with Gasteiger partial charge in [-0.05, 0) is 25.5 Å². The van der Waals surface area contributed by atoms with Gasteiger partial charge in [0.15, 0.2) is 0 Å². The molecule has 0 atom stereocenters. The van der Waals surface area contributed by atoms with Gasteiger partial charge in [-0.3, -0.25) is 9.78 Å². The van der Waals surface area contributed by atoms with E-state index in [0.717, 1.165) is 0 Å². The number of pyridine rings is 1. The van der Waals surface area contributed by atoms with Crippen LogP contribution in [0.2, 0.25) is 0 Å². The van der Waals surface area contributed by atoms with Gasteiger partial charge in [0.05, 0.1) is 34.4 Å². The molecule has 0 aliphatic heterocycles. The van der Waals surface area contributed by atoms with Gasteiger partial charge >= 0.3 is 5.97 Å². The van der Waals surface area contributed by atoms with Crippen molar-refractivity contribution in [3.05, 3.63) is 47.0 Å². The van der Waals surface area contributed by atoms with Gasteiger partial charge < -0.3 is 10.4 Å². The predicted octanol–water partition coefficient (Wildman–Crippen LogP) is 1.69. The minimum atomic E-state index is -1.10. The number of aryl methyl sites for hydroxylation is 2. The average Bonchev–Trinajstić information content (AvgIpc) is 2.47. The molecule has 1 amide bonds. The lowest BCUT2D eigenvalue weighted by molar-refractivity contribution is 0.0696. The number of aromatic nitrogens is 3. The van der Waals surface area contributed by atoms with Crippen molar-refractivity contribution in [1.82, 2.24) is 15.2 Å². The van der Waals surface area contributed by atoms with Crippen LogP contribution in [-0.4, -0.2) is 32.2 Å². The third-order valence-corrected chi connectivity index (χ3v) is 2.82. The van der Waals surface area contributed by atoms with Crippen molar-refractivity contribution in [2.45, 2.75) is 20.3 Å². The quantitative estimate of drug-likeness (QED) is 0.886. The predicted molar refractivity (Wildman–Crippen MR) is 75.3 cm³/mol. The van der Waals surface area contributed by atoms with Crippen LogP contribution < -0.4 is 5.32 Å². The maximum Gasteiger partial charge on any atom is 0.337 e. The number of nitrogens with zero attached hydrogens (tertiary/aromatic N) is 3. The molecule has 2 heterocycles. The molecule has 7 heteroatoms. The van der Waals surface area contributed by atoms with E-state index >= 15 is 0 Å². The molecule has 0 aliphatic carbocycles. The Balaban J connectivity index is 2.28. The van der Waals surface area contributed by atoms with E-state index in [4.69, 9.17) is 5.11 Å². The van der Waals surface area contributed by atoms with E-state index < -0.39 is 5.97 Å². The maximum atomic E-state index is 12.3. The molecule has 7 nitrogen and oxygen atoms in total. The van der Waals surface area contributed by atoms with Gasteiger partial charge in [0.2, 0.25) is 0 Å². The molecule has 2 aromatic heterocycles. The highest BCUT2D eigenvalue weighted by atomic mass is 16.4. The van der Waals surface area contributed by atoms with E-state index in [2.05, 4.69) is 20.5 Å². The van der Waals surface area contributed by atoms with Gasteiger partial charge in [0, 0.05) is 6.20 Å². The molecule has 2 N–H and O–H groups in total. The van der Waals surface area contributed by atoms with E-state index in [-0.39, 0.29) is 11.5 Å². The molecule has 0 unspecified atom stereocenters. The van der Waals surface area contributed by atoms with E-state index in [1.165, 1.54) is 18.5 Å². The molecule has 0 aliphatic rings. The second kappa shape index (κ2) is 6.08. The Morgan fingerprint density at radius 1 is 1.24 bits per heavy atom. The highest BCUT2D eigenvalue weighted by molar-refractivity contribution is 6.05. The molecular weight excluding hydrogens is 272 g/mol. The number of carboxylic acid groups (broad SMARTS) is 1. The maximum absolute atomic E-state index is 12.3. The molecule has 0 radical (unpaired) electrons. The first-order valence-corrected chi connectivity index (χ1v) is 6.34. The van der Waals surface area contributed by atoms with E-state index in [0.29, 0.717) is 29.1 Å². The fourth-order valence-corrected chi connectivity index (χ4v) is 1.80. The smallest absolute Gasteiger partial charge is 0.337 e. The summed E-state index contributed by atoms with van der Waals surface area (Å²) in [4.78, 5) is 26.9. The molecule has 0 saturated heterocycles. The van der Waals surface area contributed by atoms with Crippen molar-refractivity contribution in [2.24, 2.45) is 0 Å². The van der Waals surface area contributed by atoms with Gasteiger partial charge in [-0.15, -0.1) is 0 Å². The minimum absolute atomic E-state index is 0.00699. The Morgan fingerprint density at radius 3 is 2.67 bits per heavy atom. The summed E-state index contributed by atoms with van der Waals surface area (Å²) in [5.41, 5.74) is 1.96. The van der Waals surface area contributed by atoms with E-state index in [9.17, 15) is 9.59 Å². The first kappa shape index (κ1) is 14.6. The van der Waals surface area contributed by atoms with Crippen LogP contribution in [-0.2, 0) is 6.42 Å². The van der Waals surface area contributed by atoms with Gasteiger partial charge in [0.1, 0.15) is 0 Å². The molecule has 21 heavy (non-hydrogen) atoms. The van der Waals surface area contributed by atoms with Crippen molar-refractivity contribution in [2.75, 3.05) is 5.32 Å². The topological polar surface area (TPSA) is 105 Å². The number of carbonyl (C=O) groups excluding carboxylic acids is 1. The number of aromatic carboxylic acids is 1. The lowest BCUT2D eigenvalue weighted by Crippen LogP contribution is -2.16. The third kappa shape index (κ3) is 3.38. The number of carbonyl (C=O) groups is 2. The number of rotatable bonds is 4. The van der Waals surface area contributed by atoms with Gasteiger partial charge in [-0.1, -0.05) is 6.92 Å². The van der Waals surface area contributed by atoms with Gasteiger partial charge in [-0.25, -0.2) is 4.79 Å². The number of amides is 1. The van der Waals surface area contributed by atoms with Crippen LogP contribution >= 0.6 is 0 Å². The largest absolute Gasteiger partial charge is 0.478 e. The molecule has 2 rings (SSSR count). The first-order chi connectivity index (χ1) is 10.0. The lowest BCUT2D eigenvalue weighted by atomic mass is 10.1. The van der Waals surface area contributed by atoms with Crippen molar-refractivity contribution in [1.29, 1.82) is 0 Å². The Hall–Kier alpha value is -2.83. The fourth-order valence-electron chi connectivity index (χ4n) is 1.80. The Bertz CT molecular complexity index is 700. The van der Waals surface area contributed by atoms with Crippen LogP contribution in [0.3, 0.4) is 0 Å². The summed E-state index contributed by atoms with van der Waals surface area (Å²) in [5, 5.41) is 19.4. The molecule has 0 fully saturated rings. The molecule has 108 valence electrons. The summed E-state index contributed by atoms with van der Waals surface area (Å²) in [6, 6.07) is 3.00. The first-order valence-electron chi connectivity index (χ1n) is 6.34. The van der Waals surface area contributed by atoms with Crippen molar-refractivity contribution in [3.8, 4) is 0 Å². The van der Waals surface area contributed by atoms with Crippen LogP contribution in [0, 0.1) is 6.92 Å². The molecule has 0 bridgehead atoms. The zero-order valence-corrected chi connectivity index (χ0v) is 11.6. The fraction of sp³-hybridized carbons (Fsp3) is 0.214. The van der Waals surface area contributed by atoms with Gasteiger partial charge in [0.25, 0.3) is 5.91 Å². The summed E-state index contributed by atoms with van der Waals surface area (Å²) in [7, 11) is 0. The second-order valence-electron chi connectivity index (χ2n) is 4.42. The standard InChI is InChI=1S/C14H14N4O3/c1-3-12-11(4-8(2)17-18-12)13(19)16-10-5-9(14(20)21)6-15-7-10/h4-7H,3H2,1-2H3,(H,16,19)(H,20,21). The lowest BCUT2D eigenvalue weighted by Gasteiger charge is -2.08. The van der Waals surface area contributed by atoms with Crippen molar-refractivity contribution < 1.29 is 14.7 Å². The highest BCUT2D eigenvalue weighted by Crippen LogP contribution is 2.13. The number of nitrogens with one attached hydrogen (secondary N) is 1. The number of anilines is 1. The zero-order valence-electron chi connectivity index (χ0n) is 11.6. The van der Waals surface area contributed by atoms with E-state index in [1.54, 1.807) is 13.0 Å². The van der Waals surface area contributed by atoms with Crippen LogP contribution in [0.1, 0.15) is 39.0 Å². The zero-order chi connectivity index (χ0) is 15.4. The monoisotopic (exact) mass is 286 g/mol. The number of carboxylic acids is 1. The van der Waals surface area contributed by atoms with Crippen LogP contribution in [0.25, 0.3) is 0 Å². The summed E-state index contributed by atoms with van der Waals surface area (Å²) < 4.78 is 0. The Morgan fingerprint density at radius 2 is 2.00 bits per heavy atom. The second-order valence-corrected chi connectivity index (χ2v) is 4.42. The summed E-state index contributed by atoms with van der Waals surface area (Å²) >= 11 is 0. The van der Waals surface area contributed by atoms with Crippen LogP contribution in [0.4, 0.5) is 5.69 Å². The molecule has 0 aromatic carbocycles. The van der Waals surface area contributed by atoms with Crippen LogP contribution in [0.5, 0.6) is 0 Å². The normalized spacial score (nSPS) is 10.2. The molecule has 2 aromatic rings. The third-order valence-electron chi connectivity index (χ3n) is 2.82. The summed E-state index contributed by atoms with van der Waals surface area (Å²) in [5.74, 6) is -1.47. The Labute approximate surface area is 121 Å². The SMILES string of the molecule is CCc1nnc(C)cc1C(=O)Nc1cncc(C(=O)O)c1. The number of hydrogen-bond acceptors (Lipinski definition) is 5. The number of hydrogen-bond donors (Lipinski definition) is 2. The van der Waals surface area contributed by atoms with E-state index in [1.807, 2.05) is 6.92 Å². The summed E-state index contributed by atoms with van der Waals surface area (Å²) in [6.45, 7) is 3.62.